The molecule has 0 radical (unpaired) electrons. The van der Waals surface area contributed by atoms with Gasteiger partial charge in [0, 0.05) is 43.9 Å². The zero-order valence-electron chi connectivity index (χ0n) is 14.1. The van der Waals surface area contributed by atoms with Crippen LogP contribution < -0.4 is 16.0 Å². The second-order valence-electron chi connectivity index (χ2n) is 5.40. The fraction of sp³-hybridized carbons (Fsp3) is 0.667. The summed E-state index contributed by atoms with van der Waals surface area (Å²) >= 11 is 1.74. The van der Waals surface area contributed by atoms with Crippen LogP contribution in [0.3, 0.4) is 0 Å². The van der Waals surface area contributed by atoms with Crippen LogP contribution in [0.4, 0.5) is 0 Å². The van der Waals surface area contributed by atoms with Gasteiger partial charge in [-0.25, -0.2) is 4.98 Å². The lowest BCUT2D eigenvalue weighted by molar-refractivity contribution is -0.121. The molecule has 0 aromatic carbocycles. The molecule has 1 aromatic rings. The number of aromatic nitrogens is 1. The second kappa shape index (κ2) is 9.40. The molecule has 22 heavy (non-hydrogen) atoms. The van der Waals surface area contributed by atoms with E-state index in [9.17, 15) is 4.79 Å². The molecule has 0 atom stereocenters. The van der Waals surface area contributed by atoms with E-state index in [1.807, 2.05) is 20.8 Å². The number of aryl methyl sites for hydroxylation is 2. The fourth-order valence-electron chi connectivity index (χ4n) is 1.84. The van der Waals surface area contributed by atoms with Crippen molar-refractivity contribution >= 4 is 23.2 Å². The molecule has 3 N–H and O–H groups in total. The predicted octanol–water partition coefficient (Wildman–Crippen LogP) is 1.38. The van der Waals surface area contributed by atoms with E-state index in [0.717, 1.165) is 23.7 Å². The summed E-state index contributed by atoms with van der Waals surface area (Å²) in [5, 5.41) is 10.4. The number of hydrogen-bond acceptors (Lipinski definition) is 4. The third kappa shape index (κ3) is 6.89. The number of hydrogen-bond donors (Lipinski definition) is 3. The summed E-state index contributed by atoms with van der Waals surface area (Å²) in [7, 11) is 1.72. The molecule has 7 heteroatoms. The summed E-state index contributed by atoms with van der Waals surface area (Å²) in [6, 6.07) is 0.176. The van der Waals surface area contributed by atoms with Crippen LogP contribution in [-0.2, 0) is 11.2 Å². The maximum Gasteiger partial charge on any atom is 0.221 e. The lowest BCUT2D eigenvalue weighted by Gasteiger charge is -2.12. The van der Waals surface area contributed by atoms with Gasteiger partial charge in [0.25, 0.3) is 0 Å². The number of carbonyl (C=O) groups is 1. The summed E-state index contributed by atoms with van der Waals surface area (Å²) in [6.07, 6.45) is 1.30. The van der Waals surface area contributed by atoms with Gasteiger partial charge in [-0.15, -0.1) is 11.3 Å². The van der Waals surface area contributed by atoms with E-state index in [2.05, 4.69) is 32.9 Å². The standard InChI is InChI=1S/C15H27N5OS/c1-10(2)19-13(21)6-8-17-15(16-5)18-9-7-14-20-11(3)12(4)22-14/h10H,6-9H2,1-5H3,(H,19,21)(H2,16,17,18). The van der Waals surface area contributed by atoms with Crippen LogP contribution in [0.5, 0.6) is 0 Å². The number of nitrogens with zero attached hydrogens (tertiary/aromatic N) is 2. The molecule has 0 aliphatic carbocycles. The summed E-state index contributed by atoms with van der Waals surface area (Å²) in [4.78, 5) is 21.5. The Hall–Kier alpha value is -1.63. The number of guanidine groups is 1. The van der Waals surface area contributed by atoms with Gasteiger partial charge in [0.1, 0.15) is 0 Å². The SMILES string of the molecule is CN=C(NCCC(=O)NC(C)C)NCCc1nc(C)c(C)s1. The Labute approximate surface area is 136 Å². The van der Waals surface area contributed by atoms with Gasteiger partial charge in [-0.05, 0) is 27.7 Å². The third-order valence-corrected chi connectivity index (χ3v) is 4.15. The molecule has 1 rings (SSSR count). The highest BCUT2D eigenvalue weighted by atomic mass is 32.1. The van der Waals surface area contributed by atoms with Crippen molar-refractivity contribution < 1.29 is 4.79 Å². The minimum Gasteiger partial charge on any atom is -0.356 e. The third-order valence-electron chi connectivity index (χ3n) is 3.02. The van der Waals surface area contributed by atoms with Gasteiger partial charge in [-0.3, -0.25) is 9.79 Å². The largest absolute Gasteiger partial charge is 0.356 e. The highest BCUT2D eigenvalue weighted by molar-refractivity contribution is 7.11. The highest BCUT2D eigenvalue weighted by Gasteiger charge is 2.05. The van der Waals surface area contributed by atoms with E-state index < -0.39 is 0 Å². The second-order valence-corrected chi connectivity index (χ2v) is 6.68. The minimum absolute atomic E-state index is 0.0479. The number of rotatable bonds is 7. The van der Waals surface area contributed by atoms with Gasteiger partial charge < -0.3 is 16.0 Å². The van der Waals surface area contributed by atoms with Crippen LogP contribution in [-0.4, -0.2) is 43.0 Å². The summed E-state index contributed by atoms with van der Waals surface area (Å²) in [6.45, 7) is 9.36. The van der Waals surface area contributed by atoms with Crippen molar-refractivity contribution in [2.24, 2.45) is 4.99 Å². The summed E-state index contributed by atoms with van der Waals surface area (Å²) in [5.41, 5.74) is 1.11. The van der Waals surface area contributed by atoms with Gasteiger partial charge in [0.15, 0.2) is 5.96 Å². The average molecular weight is 325 g/mol. The Morgan fingerprint density at radius 2 is 1.95 bits per heavy atom. The average Bonchev–Trinajstić information content (AvgIpc) is 2.75. The number of carbonyl (C=O) groups excluding carboxylic acids is 1. The van der Waals surface area contributed by atoms with Crippen molar-refractivity contribution in [3.8, 4) is 0 Å². The van der Waals surface area contributed by atoms with Crippen molar-refractivity contribution in [3.05, 3.63) is 15.6 Å². The first kappa shape index (κ1) is 18.4. The van der Waals surface area contributed by atoms with E-state index in [4.69, 9.17) is 0 Å². The zero-order chi connectivity index (χ0) is 16.5. The Morgan fingerprint density at radius 3 is 2.50 bits per heavy atom. The normalized spacial score (nSPS) is 11.6. The van der Waals surface area contributed by atoms with E-state index in [1.54, 1.807) is 18.4 Å². The van der Waals surface area contributed by atoms with Crippen molar-refractivity contribution in [3.63, 3.8) is 0 Å². The smallest absolute Gasteiger partial charge is 0.221 e. The lowest BCUT2D eigenvalue weighted by atomic mass is 10.3. The van der Waals surface area contributed by atoms with Gasteiger partial charge in [0.05, 0.1) is 10.7 Å². The van der Waals surface area contributed by atoms with E-state index in [-0.39, 0.29) is 11.9 Å². The summed E-state index contributed by atoms with van der Waals surface area (Å²) < 4.78 is 0. The number of aliphatic imine (C=N–C) groups is 1. The van der Waals surface area contributed by atoms with Crippen LogP contribution in [0, 0.1) is 13.8 Å². The molecule has 1 amide bonds. The van der Waals surface area contributed by atoms with Crippen molar-refractivity contribution in [1.29, 1.82) is 0 Å². The van der Waals surface area contributed by atoms with Crippen LogP contribution >= 0.6 is 11.3 Å². The van der Waals surface area contributed by atoms with Crippen LogP contribution in [0.1, 0.15) is 35.8 Å². The maximum absolute atomic E-state index is 11.5. The molecule has 6 nitrogen and oxygen atoms in total. The van der Waals surface area contributed by atoms with E-state index in [0.29, 0.717) is 18.9 Å². The van der Waals surface area contributed by atoms with E-state index >= 15 is 0 Å². The molecular weight excluding hydrogens is 298 g/mol. The first-order valence-electron chi connectivity index (χ1n) is 7.59. The molecule has 0 aliphatic rings. The molecule has 0 unspecified atom stereocenters. The monoisotopic (exact) mass is 325 g/mol. The van der Waals surface area contributed by atoms with Crippen LogP contribution in [0.2, 0.25) is 0 Å². The number of thiazole rings is 1. The molecule has 0 saturated carbocycles. The summed E-state index contributed by atoms with van der Waals surface area (Å²) in [5.74, 6) is 0.758. The minimum atomic E-state index is 0.0479. The van der Waals surface area contributed by atoms with Crippen LogP contribution in [0.15, 0.2) is 4.99 Å². The van der Waals surface area contributed by atoms with Crippen molar-refractivity contribution in [1.82, 2.24) is 20.9 Å². The quantitative estimate of drug-likeness (QED) is 0.523. The maximum atomic E-state index is 11.5. The lowest BCUT2D eigenvalue weighted by Crippen LogP contribution is -2.40. The van der Waals surface area contributed by atoms with Gasteiger partial charge >= 0.3 is 0 Å². The molecule has 0 saturated heterocycles. The molecule has 0 fully saturated rings. The Morgan fingerprint density at radius 1 is 1.27 bits per heavy atom. The Kier molecular flexibility index (Phi) is 7.87. The first-order chi connectivity index (χ1) is 10.4. The number of nitrogens with one attached hydrogen (secondary N) is 3. The molecular formula is C15H27N5OS. The molecule has 124 valence electrons. The number of amides is 1. The first-order valence-corrected chi connectivity index (χ1v) is 8.40. The predicted molar refractivity (Wildman–Crippen MR) is 92.6 cm³/mol. The Bertz CT molecular complexity index is 491. The van der Waals surface area contributed by atoms with Crippen LogP contribution in [0.25, 0.3) is 0 Å². The van der Waals surface area contributed by atoms with Gasteiger partial charge in [-0.2, -0.15) is 0 Å². The molecule has 1 aromatic heterocycles. The zero-order valence-corrected chi connectivity index (χ0v) is 14.9. The van der Waals surface area contributed by atoms with Gasteiger partial charge in [-0.1, -0.05) is 0 Å². The topological polar surface area (TPSA) is 78.4 Å². The highest BCUT2D eigenvalue weighted by Crippen LogP contribution is 2.16. The Balaban J connectivity index is 2.24. The molecule has 1 heterocycles. The van der Waals surface area contributed by atoms with Crippen molar-refractivity contribution in [2.75, 3.05) is 20.1 Å². The van der Waals surface area contributed by atoms with Gasteiger partial charge in [0.2, 0.25) is 5.91 Å². The molecule has 0 bridgehead atoms. The molecule has 0 aliphatic heterocycles. The fourth-order valence-corrected chi connectivity index (χ4v) is 2.78. The molecule has 0 spiro atoms. The van der Waals surface area contributed by atoms with E-state index in [1.165, 1.54) is 4.88 Å². The van der Waals surface area contributed by atoms with Crippen molar-refractivity contribution in [2.45, 2.75) is 46.6 Å².